The first-order valence-corrected chi connectivity index (χ1v) is 7.46. The van der Waals surface area contributed by atoms with Crippen LogP contribution in [-0.4, -0.2) is 35.6 Å². The molecule has 5 nitrogen and oxygen atoms in total. The maximum Gasteiger partial charge on any atom is 0.243 e. The number of anilines is 1. The summed E-state index contributed by atoms with van der Waals surface area (Å²) in [6.45, 7) is 7.73. The molecule has 0 radical (unpaired) electrons. The molecule has 0 bridgehead atoms. The van der Waals surface area contributed by atoms with E-state index in [0.29, 0.717) is 23.7 Å². The van der Waals surface area contributed by atoms with Crippen LogP contribution in [0.2, 0.25) is 0 Å². The van der Waals surface area contributed by atoms with E-state index in [0.717, 1.165) is 6.42 Å². The number of rotatable bonds is 7. The summed E-state index contributed by atoms with van der Waals surface area (Å²) >= 11 is 0. The number of carbonyl (C=O) groups excluding carboxylic acids is 3. The Balaban J connectivity index is 2.59. The van der Waals surface area contributed by atoms with E-state index >= 15 is 0 Å². The first-order valence-electron chi connectivity index (χ1n) is 7.46. The van der Waals surface area contributed by atoms with E-state index in [2.05, 4.69) is 19.2 Å². The van der Waals surface area contributed by atoms with Gasteiger partial charge in [0, 0.05) is 24.7 Å². The molecule has 2 amide bonds. The minimum Gasteiger partial charge on any atom is -0.334 e. The van der Waals surface area contributed by atoms with E-state index in [1.54, 1.807) is 29.2 Å². The van der Waals surface area contributed by atoms with Crippen LogP contribution in [0.5, 0.6) is 0 Å². The zero-order valence-corrected chi connectivity index (χ0v) is 13.7. The van der Waals surface area contributed by atoms with Crippen molar-refractivity contribution in [3.05, 3.63) is 29.8 Å². The summed E-state index contributed by atoms with van der Waals surface area (Å²) in [4.78, 5) is 36.3. The Kier molecular flexibility index (Phi) is 6.76. The van der Waals surface area contributed by atoms with Crippen LogP contribution in [-0.2, 0) is 9.59 Å². The van der Waals surface area contributed by atoms with Crippen LogP contribution in [0.25, 0.3) is 0 Å². The Hall–Kier alpha value is -2.17. The quantitative estimate of drug-likeness (QED) is 0.788. The second-order valence-electron chi connectivity index (χ2n) is 5.80. The molecule has 0 heterocycles. The molecule has 0 saturated carbocycles. The van der Waals surface area contributed by atoms with Crippen molar-refractivity contribution in [2.75, 3.05) is 18.4 Å². The molecule has 0 aliphatic carbocycles. The summed E-state index contributed by atoms with van der Waals surface area (Å²) in [5.74, 6) is 0.107. The largest absolute Gasteiger partial charge is 0.334 e. The lowest BCUT2D eigenvalue weighted by Gasteiger charge is -2.21. The highest BCUT2D eigenvalue weighted by Crippen LogP contribution is 2.10. The number of benzene rings is 1. The molecule has 0 fully saturated rings. The zero-order chi connectivity index (χ0) is 16.7. The summed E-state index contributed by atoms with van der Waals surface area (Å²) in [6, 6.07) is 6.70. The fourth-order valence-electron chi connectivity index (χ4n) is 1.92. The third-order valence-corrected chi connectivity index (χ3v) is 3.33. The van der Waals surface area contributed by atoms with Crippen LogP contribution in [0.4, 0.5) is 5.69 Å². The average molecular weight is 304 g/mol. The molecule has 120 valence electrons. The first kappa shape index (κ1) is 17.9. The van der Waals surface area contributed by atoms with Gasteiger partial charge in [-0.2, -0.15) is 0 Å². The smallest absolute Gasteiger partial charge is 0.243 e. The Morgan fingerprint density at radius 3 is 2.14 bits per heavy atom. The predicted octanol–water partition coefficient (Wildman–Crippen LogP) is 2.72. The molecule has 0 aromatic heterocycles. The van der Waals surface area contributed by atoms with E-state index in [1.807, 2.05) is 0 Å². The number of ketones is 1. The van der Waals surface area contributed by atoms with Gasteiger partial charge in [0.2, 0.25) is 11.8 Å². The molecule has 0 spiro atoms. The predicted molar refractivity (Wildman–Crippen MR) is 86.8 cm³/mol. The minimum atomic E-state index is -0.241. The molecule has 5 heteroatoms. The lowest BCUT2D eigenvalue weighted by Crippen LogP contribution is -2.37. The van der Waals surface area contributed by atoms with Gasteiger partial charge >= 0.3 is 0 Å². The van der Waals surface area contributed by atoms with Crippen molar-refractivity contribution >= 4 is 23.3 Å². The van der Waals surface area contributed by atoms with E-state index in [9.17, 15) is 14.4 Å². The van der Waals surface area contributed by atoms with Crippen molar-refractivity contribution in [2.24, 2.45) is 5.92 Å². The highest BCUT2D eigenvalue weighted by atomic mass is 16.2. The molecule has 0 atom stereocenters. The first-order chi connectivity index (χ1) is 10.3. The van der Waals surface area contributed by atoms with Crippen LogP contribution in [0.1, 0.15) is 44.5 Å². The topological polar surface area (TPSA) is 66.5 Å². The average Bonchev–Trinajstić information content (AvgIpc) is 2.43. The third kappa shape index (κ3) is 6.08. The van der Waals surface area contributed by atoms with E-state index < -0.39 is 0 Å². The summed E-state index contributed by atoms with van der Waals surface area (Å²) < 4.78 is 0. The fourth-order valence-corrected chi connectivity index (χ4v) is 1.92. The molecule has 0 saturated heterocycles. The van der Waals surface area contributed by atoms with Gasteiger partial charge in [0.25, 0.3) is 0 Å². The van der Waals surface area contributed by atoms with Crippen LogP contribution < -0.4 is 5.32 Å². The lowest BCUT2D eigenvalue weighted by atomic mass is 10.1. The van der Waals surface area contributed by atoms with Gasteiger partial charge in [-0.05, 0) is 43.5 Å². The SMILES string of the molecule is CC(=O)c1ccc(NC(=O)CN(CCC(C)C)C(C)=O)cc1. The summed E-state index contributed by atoms with van der Waals surface area (Å²) in [7, 11) is 0. The van der Waals surface area contributed by atoms with Crippen molar-refractivity contribution in [1.29, 1.82) is 0 Å². The molecule has 0 unspecified atom stereocenters. The lowest BCUT2D eigenvalue weighted by molar-refractivity contribution is -0.132. The van der Waals surface area contributed by atoms with Gasteiger partial charge in [-0.3, -0.25) is 14.4 Å². The molecule has 0 aliphatic heterocycles. The highest BCUT2D eigenvalue weighted by molar-refractivity contribution is 5.96. The van der Waals surface area contributed by atoms with Crippen molar-refractivity contribution in [2.45, 2.75) is 34.1 Å². The maximum atomic E-state index is 12.0. The number of hydrogen-bond donors (Lipinski definition) is 1. The highest BCUT2D eigenvalue weighted by Gasteiger charge is 2.14. The number of Topliss-reactive ketones (excluding diaryl/α,β-unsaturated/α-hetero) is 1. The maximum absolute atomic E-state index is 12.0. The Labute approximate surface area is 131 Å². The van der Waals surface area contributed by atoms with Gasteiger partial charge < -0.3 is 10.2 Å². The molecule has 1 rings (SSSR count). The summed E-state index contributed by atoms with van der Waals surface area (Å²) in [5, 5.41) is 2.74. The number of nitrogens with one attached hydrogen (secondary N) is 1. The van der Waals surface area contributed by atoms with Crippen molar-refractivity contribution in [3.63, 3.8) is 0 Å². The standard InChI is InChI=1S/C17H24N2O3/c1-12(2)9-10-19(14(4)21)11-17(22)18-16-7-5-15(6-8-16)13(3)20/h5-8,12H,9-11H2,1-4H3,(H,18,22). The van der Waals surface area contributed by atoms with Gasteiger partial charge in [-0.25, -0.2) is 0 Å². The number of carbonyl (C=O) groups is 3. The zero-order valence-electron chi connectivity index (χ0n) is 13.7. The van der Waals surface area contributed by atoms with Crippen molar-refractivity contribution in [3.8, 4) is 0 Å². The van der Waals surface area contributed by atoms with Gasteiger partial charge in [-0.1, -0.05) is 13.8 Å². The Morgan fingerprint density at radius 1 is 1.09 bits per heavy atom. The van der Waals surface area contributed by atoms with Gasteiger partial charge in [0.1, 0.15) is 0 Å². The van der Waals surface area contributed by atoms with Crippen LogP contribution in [0.3, 0.4) is 0 Å². The molecule has 22 heavy (non-hydrogen) atoms. The van der Waals surface area contributed by atoms with Crippen LogP contribution in [0.15, 0.2) is 24.3 Å². The Bertz CT molecular complexity index is 535. The van der Waals surface area contributed by atoms with Crippen LogP contribution >= 0.6 is 0 Å². The Morgan fingerprint density at radius 2 is 1.68 bits per heavy atom. The van der Waals surface area contributed by atoms with E-state index in [1.165, 1.54) is 13.8 Å². The van der Waals surface area contributed by atoms with E-state index in [4.69, 9.17) is 0 Å². The molecule has 0 aliphatic rings. The monoisotopic (exact) mass is 304 g/mol. The van der Waals surface area contributed by atoms with Crippen molar-refractivity contribution in [1.82, 2.24) is 4.90 Å². The van der Waals surface area contributed by atoms with Gasteiger partial charge in [-0.15, -0.1) is 0 Å². The second kappa shape index (κ2) is 8.32. The van der Waals surface area contributed by atoms with Gasteiger partial charge in [0.05, 0.1) is 6.54 Å². The molecule has 1 aromatic carbocycles. The third-order valence-electron chi connectivity index (χ3n) is 3.33. The second-order valence-corrected chi connectivity index (χ2v) is 5.80. The van der Waals surface area contributed by atoms with Gasteiger partial charge in [0.15, 0.2) is 5.78 Å². The van der Waals surface area contributed by atoms with Crippen molar-refractivity contribution < 1.29 is 14.4 Å². The number of hydrogen-bond acceptors (Lipinski definition) is 3. The normalized spacial score (nSPS) is 10.4. The van der Waals surface area contributed by atoms with Crippen LogP contribution in [0, 0.1) is 5.92 Å². The molecular weight excluding hydrogens is 280 g/mol. The fraction of sp³-hybridized carbons (Fsp3) is 0.471. The summed E-state index contributed by atoms with van der Waals surface area (Å²) in [6.07, 6.45) is 0.861. The summed E-state index contributed by atoms with van der Waals surface area (Å²) in [5.41, 5.74) is 1.21. The molecule has 1 N–H and O–H groups in total. The number of nitrogens with zero attached hydrogens (tertiary/aromatic N) is 1. The number of amides is 2. The molecular formula is C17H24N2O3. The molecule has 1 aromatic rings. The minimum absolute atomic E-state index is 0.0192. The van der Waals surface area contributed by atoms with E-state index in [-0.39, 0.29) is 24.1 Å².